The molecule has 0 saturated carbocycles. The summed E-state index contributed by atoms with van der Waals surface area (Å²) in [6, 6.07) is 13.3. The molecule has 0 atom stereocenters. The number of hydrogen-bond acceptors (Lipinski definition) is 5. The van der Waals surface area contributed by atoms with Crippen molar-refractivity contribution in [3.63, 3.8) is 0 Å². The van der Waals surface area contributed by atoms with Gasteiger partial charge < -0.3 is 10.6 Å². The summed E-state index contributed by atoms with van der Waals surface area (Å²) in [5.74, 6) is 0.487. The molecule has 0 unspecified atom stereocenters. The topological polar surface area (TPSA) is 79.8 Å². The molecule has 138 valence electrons. The fourth-order valence-electron chi connectivity index (χ4n) is 2.75. The van der Waals surface area contributed by atoms with Crippen molar-refractivity contribution in [3.05, 3.63) is 77.4 Å². The van der Waals surface area contributed by atoms with E-state index in [1.165, 1.54) is 0 Å². The quantitative estimate of drug-likeness (QED) is 0.689. The fourth-order valence-corrected chi connectivity index (χ4v) is 2.75. The highest BCUT2D eigenvalue weighted by Crippen LogP contribution is 2.24. The van der Waals surface area contributed by atoms with Crippen molar-refractivity contribution >= 4 is 17.5 Å². The van der Waals surface area contributed by atoms with Crippen molar-refractivity contribution in [2.45, 2.75) is 33.2 Å². The summed E-state index contributed by atoms with van der Waals surface area (Å²) in [4.78, 5) is 25.5. The Morgan fingerprint density at radius 1 is 1.07 bits per heavy atom. The van der Waals surface area contributed by atoms with Crippen LogP contribution in [0.2, 0.25) is 0 Å². The summed E-state index contributed by atoms with van der Waals surface area (Å²) >= 11 is 0. The van der Waals surface area contributed by atoms with Gasteiger partial charge in [0.1, 0.15) is 5.69 Å². The molecule has 1 aromatic carbocycles. The van der Waals surface area contributed by atoms with Crippen molar-refractivity contribution in [3.8, 4) is 0 Å². The smallest absolute Gasteiger partial charge is 0.274 e. The molecule has 3 aromatic rings. The summed E-state index contributed by atoms with van der Waals surface area (Å²) < 4.78 is 0. The number of pyridine rings is 1. The van der Waals surface area contributed by atoms with Crippen molar-refractivity contribution in [1.29, 1.82) is 0 Å². The van der Waals surface area contributed by atoms with E-state index in [9.17, 15) is 4.79 Å². The number of aryl methyl sites for hydroxylation is 1. The van der Waals surface area contributed by atoms with Gasteiger partial charge in [0.25, 0.3) is 5.91 Å². The Labute approximate surface area is 159 Å². The molecule has 6 nitrogen and oxygen atoms in total. The van der Waals surface area contributed by atoms with Crippen LogP contribution in [0.4, 0.5) is 11.6 Å². The van der Waals surface area contributed by atoms with Gasteiger partial charge in [0.15, 0.2) is 0 Å². The third-order valence-electron chi connectivity index (χ3n) is 4.12. The van der Waals surface area contributed by atoms with Crippen molar-refractivity contribution in [2.75, 3.05) is 10.6 Å². The van der Waals surface area contributed by atoms with Gasteiger partial charge in [-0.2, -0.15) is 0 Å². The highest BCUT2D eigenvalue weighted by atomic mass is 16.1. The number of nitrogens with zero attached hydrogens (tertiary/aromatic N) is 3. The van der Waals surface area contributed by atoms with Gasteiger partial charge in [0.2, 0.25) is 5.95 Å². The standard InChI is InChI=1S/C21H23N5O/c1-14(2)17-6-4-5-7-18(17)25-20(27)19-12-15(3)24-21(26-19)23-13-16-8-10-22-11-9-16/h4-12,14H,13H2,1-3H3,(H,25,27)(H,23,24,26). The first-order chi connectivity index (χ1) is 13.0. The van der Waals surface area contributed by atoms with Crippen LogP contribution in [0.5, 0.6) is 0 Å². The maximum Gasteiger partial charge on any atom is 0.274 e. The number of carbonyl (C=O) groups is 1. The molecule has 0 aliphatic carbocycles. The Balaban J connectivity index is 1.76. The minimum atomic E-state index is -0.249. The van der Waals surface area contributed by atoms with E-state index in [2.05, 4.69) is 39.4 Å². The lowest BCUT2D eigenvalue weighted by Gasteiger charge is -2.14. The van der Waals surface area contributed by atoms with E-state index in [0.29, 0.717) is 24.1 Å². The predicted molar refractivity (Wildman–Crippen MR) is 107 cm³/mol. The number of para-hydroxylation sites is 1. The average molecular weight is 361 g/mol. The van der Waals surface area contributed by atoms with Gasteiger partial charge in [-0.05, 0) is 48.2 Å². The lowest BCUT2D eigenvalue weighted by Crippen LogP contribution is -2.17. The van der Waals surface area contributed by atoms with E-state index in [1.54, 1.807) is 18.5 Å². The molecule has 2 heterocycles. The molecular formula is C21H23N5O. The molecule has 0 spiro atoms. The van der Waals surface area contributed by atoms with E-state index in [-0.39, 0.29) is 5.91 Å². The summed E-state index contributed by atoms with van der Waals surface area (Å²) in [6.07, 6.45) is 3.47. The van der Waals surface area contributed by atoms with Gasteiger partial charge >= 0.3 is 0 Å². The van der Waals surface area contributed by atoms with Crippen LogP contribution in [0.3, 0.4) is 0 Å². The maximum absolute atomic E-state index is 12.7. The van der Waals surface area contributed by atoms with E-state index in [4.69, 9.17) is 0 Å². The van der Waals surface area contributed by atoms with Crippen LogP contribution < -0.4 is 10.6 Å². The zero-order valence-corrected chi connectivity index (χ0v) is 15.7. The second kappa shape index (κ2) is 8.40. The largest absolute Gasteiger partial charge is 0.350 e. The number of amides is 1. The van der Waals surface area contributed by atoms with E-state index in [1.807, 2.05) is 43.3 Å². The van der Waals surface area contributed by atoms with Gasteiger partial charge in [0, 0.05) is 30.3 Å². The highest BCUT2D eigenvalue weighted by molar-refractivity contribution is 6.03. The molecule has 2 aromatic heterocycles. The average Bonchev–Trinajstić information content (AvgIpc) is 2.67. The van der Waals surface area contributed by atoms with Crippen LogP contribution >= 0.6 is 0 Å². The highest BCUT2D eigenvalue weighted by Gasteiger charge is 2.14. The van der Waals surface area contributed by atoms with Crippen molar-refractivity contribution in [2.24, 2.45) is 0 Å². The molecule has 0 saturated heterocycles. The second-order valence-corrected chi connectivity index (χ2v) is 6.62. The molecule has 0 radical (unpaired) electrons. The van der Waals surface area contributed by atoms with Gasteiger partial charge in [-0.3, -0.25) is 9.78 Å². The number of nitrogens with one attached hydrogen (secondary N) is 2. The summed E-state index contributed by atoms with van der Waals surface area (Å²) in [5, 5.41) is 6.13. The molecule has 0 bridgehead atoms. The SMILES string of the molecule is Cc1cc(C(=O)Nc2ccccc2C(C)C)nc(NCc2ccncc2)n1. The number of anilines is 2. The fraction of sp³-hybridized carbons (Fsp3) is 0.238. The van der Waals surface area contributed by atoms with Crippen molar-refractivity contribution in [1.82, 2.24) is 15.0 Å². The third-order valence-corrected chi connectivity index (χ3v) is 4.12. The van der Waals surface area contributed by atoms with Crippen LogP contribution in [0.15, 0.2) is 54.9 Å². The van der Waals surface area contributed by atoms with E-state index in [0.717, 1.165) is 22.5 Å². The van der Waals surface area contributed by atoms with Gasteiger partial charge in [0.05, 0.1) is 0 Å². The first-order valence-corrected chi connectivity index (χ1v) is 8.91. The van der Waals surface area contributed by atoms with E-state index >= 15 is 0 Å². The lowest BCUT2D eigenvalue weighted by atomic mass is 10.0. The van der Waals surface area contributed by atoms with Crippen LogP contribution in [-0.4, -0.2) is 20.9 Å². The first-order valence-electron chi connectivity index (χ1n) is 8.91. The van der Waals surface area contributed by atoms with Crippen molar-refractivity contribution < 1.29 is 4.79 Å². The van der Waals surface area contributed by atoms with Crippen LogP contribution in [0.25, 0.3) is 0 Å². The van der Waals surface area contributed by atoms with Crippen LogP contribution in [-0.2, 0) is 6.54 Å². The van der Waals surface area contributed by atoms with Crippen LogP contribution in [0.1, 0.15) is 47.1 Å². The number of rotatable bonds is 6. The molecule has 0 aliphatic heterocycles. The number of hydrogen-bond donors (Lipinski definition) is 2. The molecule has 27 heavy (non-hydrogen) atoms. The van der Waals surface area contributed by atoms with Gasteiger partial charge in [-0.25, -0.2) is 9.97 Å². The minimum absolute atomic E-state index is 0.249. The Morgan fingerprint density at radius 2 is 1.81 bits per heavy atom. The van der Waals surface area contributed by atoms with E-state index < -0.39 is 0 Å². The van der Waals surface area contributed by atoms with Gasteiger partial charge in [-0.1, -0.05) is 32.0 Å². The maximum atomic E-state index is 12.7. The number of benzene rings is 1. The molecule has 3 rings (SSSR count). The zero-order chi connectivity index (χ0) is 19.2. The lowest BCUT2D eigenvalue weighted by molar-refractivity contribution is 0.102. The molecular weight excluding hydrogens is 338 g/mol. The molecule has 2 N–H and O–H groups in total. The zero-order valence-electron chi connectivity index (χ0n) is 15.7. The molecule has 1 amide bonds. The normalized spacial score (nSPS) is 10.7. The molecule has 0 fully saturated rings. The summed E-state index contributed by atoms with van der Waals surface area (Å²) in [6.45, 7) is 6.60. The monoisotopic (exact) mass is 361 g/mol. The second-order valence-electron chi connectivity index (χ2n) is 6.62. The number of carbonyl (C=O) groups excluding carboxylic acids is 1. The Bertz CT molecular complexity index is 925. The molecule has 6 heteroatoms. The Morgan fingerprint density at radius 3 is 2.56 bits per heavy atom. The summed E-state index contributed by atoms with van der Waals surface area (Å²) in [5.41, 5.74) is 4.02. The first kappa shape index (κ1) is 18.5. The Kier molecular flexibility index (Phi) is 5.76. The molecule has 0 aliphatic rings. The van der Waals surface area contributed by atoms with Gasteiger partial charge in [-0.15, -0.1) is 0 Å². The predicted octanol–water partition coefficient (Wildman–Crippen LogP) is 4.17. The summed E-state index contributed by atoms with van der Waals surface area (Å²) in [7, 11) is 0. The number of aromatic nitrogens is 3. The minimum Gasteiger partial charge on any atom is -0.350 e. The third kappa shape index (κ3) is 4.88. The Hall–Kier alpha value is -3.28. The van der Waals surface area contributed by atoms with Crippen LogP contribution in [0, 0.1) is 6.92 Å².